The van der Waals surface area contributed by atoms with Crippen molar-refractivity contribution in [3.05, 3.63) is 45.8 Å². The van der Waals surface area contributed by atoms with Gasteiger partial charge in [-0.15, -0.1) is 11.3 Å². The molecule has 1 aliphatic rings. The van der Waals surface area contributed by atoms with E-state index < -0.39 is 5.97 Å². The van der Waals surface area contributed by atoms with Gasteiger partial charge in [-0.05, 0) is 73.8 Å². The van der Waals surface area contributed by atoms with E-state index in [1.54, 1.807) is 6.08 Å². The van der Waals surface area contributed by atoms with Crippen molar-refractivity contribution in [3.63, 3.8) is 0 Å². The fraction of sp³-hybridized carbons (Fsp3) is 0.481. The van der Waals surface area contributed by atoms with Gasteiger partial charge >= 0.3 is 5.97 Å². The molecule has 34 heavy (non-hydrogen) atoms. The van der Waals surface area contributed by atoms with E-state index in [1.807, 2.05) is 32.0 Å². The second-order valence-electron chi connectivity index (χ2n) is 9.40. The van der Waals surface area contributed by atoms with Gasteiger partial charge in [0.05, 0.1) is 25.9 Å². The van der Waals surface area contributed by atoms with Crippen molar-refractivity contribution in [2.45, 2.75) is 53.9 Å². The molecule has 1 unspecified atom stereocenters. The number of rotatable bonds is 8. The fourth-order valence-corrected chi connectivity index (χ4v) is 5.55. The molecule has 6 nitrogen and oxygen atoms in total. The number of thiophene rings is 1. The number of hydrogen-bond acceptors (Lipinski definition) is 6. The first-order valence-corrected chi connectivity index (χ1v) is 12.6. The topological polar surface area (TPSA) is 73.9 Å². The molecule has 1 N–H and O–H groups in total. The van der Waals surface area contributed by atoms with Crippen molar-refractivity contribution in [3.8, 4) is 11.5 Å². The van der Waals surface area contributed by atoms with E-state index in [0.717, 1.165) is 30.4 Å². The van der Waals surface area contributed by atoms with Crippen LogP contribution < -0.4 is 14.8 Å². The summed E-state index contributed by atoms with van der Waals surface area (Å²) in [6, 6.07) is 5.54. The van der Waals surface area contributed by atoms with Gasteiger partial charge in [0.2, 0.25) is 5.91 Å². The summed E-state index contributed by atoms with van der Waals surface area (Å²) in [5.41, 5.74) is 2.52. The maximum Gasteiger partial charge on any atom is 0.341 e. The fourth-order valence-electron chi connectivity index (χ4n) is 4.23. The molecule has 7 heteroatoms. The van der Waals surface area contributed by atoms with E-state index in [0.29, 0.717) is 41.2 Å². The molecule has 3 rings (SSSR count). The maximum absolute atomic E-state index is 12.8. The van der Waals surface area contributed by atoms with Crippen LogP contribution in [0, 0.1) is 11.3 Å². The number of carbonyl (C=O) groups excluding carboxylic acids is 2. The molecule has 1 atom stereocenters. The minimum atomic E-state index is -0.404. The van der Waals surface area contributed by atoms with Crippen molar-refractivity contribution in [1.29, 1.82) is 0 Å². The average Bonchev–Trinajstić information content (AvgIpc) is 3.15. The van der Waals surface area contributed by atoms with Crippen molar-refractivity contribution in [2.75, 3.05) is 25.6 Å². The van der Waals surface area contributed by atoms with Crippen LogP contribution in [0.2, 0.25) is 0 Å². The quantitative estimate of drug-likeness (QED) is 0.359. The number of fused-ring (bicyclic) bond motifs is 1. The number of benzene rings is 1. The van der Waals surface area contributed by atoms with Crippen LogP contribution in [0.5, 0.6) is 11.5 Å². The van der Waals surface area contributed by atoms with E-state index in [-0.39, 0.29) is 11.3 Å². The number of nitrogens with one attached hydrogen (secondary N) is 1. The summed E-state index contributed by atoms with van der Waals surface area (Å²) in [5, 5.41) is 3.47. The molecule has 0 aliphatic heterocycles. The normalized spacial score (nSPS) is 15.6. The minimum Gasteiger partial charge on any atom is -0.490 e. The van der Waals surface area contributed by atoms with Crippen molar-refractivity contribution < 1.29 is 23.8 Å². The molecule has 1 amide bonds. The van der Waals surface area contributed by atoms with Gasteiger partial charge in [0.15, 0.2) is 11.5 Å². The number of methoxy groups -OCH3 is 1. The Balaban J connectivity index is 1.81. The van der Waals surface area contributed by atoms with Crippen LogP contribution in [0.15, 0.2) is 24.3 Å². The SMILES string of the molecule is CCOc1ccc(C=CC(=O)Nc2sc3c(c2C(=O)OC)CCC(C(C)(C)C)C3)cc1OCC. The first-order chi connectivity index (χ1) is 16.2. The lowest BCUT2D eigenvalue weighted by molar-refractivity contribution is -0.111. The highest BCUT2D eigenvalue weighted by molar-refractivity contribution is 7.17. The Kier molecular flexibility index (Phi) is 8.42. The highest BCUT2D eigenvalue weighted by Gasteiger charge is 2.34. The van der Waals surface area contributed by atoms with Gasteiger partial charge in [0.25, 0.3) is 0 Å². The predicted molar refractivity (Wildman–Crippen MR) is 137 cm³/mol. The first-order valence-electron chi connectivity index (χ1n) is 11.8. The lowest BCUT2D eigenvalue weighted by Crippen LogP contribution is -2.26. The van der Waals surface area contributed by atoms with Gasteiger partial charge in [0, 0.05) is 11.0 Å². The summed E-state index contributed by atoms with van der Waals surface area (Å²) in [6.07, 6.45) is 5.92. The molecule has 0 saturated carbocycles. The molecule has 1 aromatic heterocycles. The van der Waals surface area contributed by atoms with E-state index in [2.05, 4.69) is 26.1 Å². The monoisotopic (exact) mass is 485 g/mol. The summed E-state index contributed by atoms with van der Waals surface area (Å²) in [6.45, 7) is 11.6. The Bertz CT molecular complexity index is 1060. The van der Waals surface area contributed by atoms with Gasteiger partial charge in [-0.1, -0.05) is 26.8 Å². The van der Waals surface area contributed by atoms with Crippen LogP contribution >= 0.6 is 11.3 Å². The molecule has 0 bridgehead atoms. The smallest absolute Gasteiger partial charge is 0.341 e. The van der Waals surface area contributed by atoms with Gasteiger partial charge in [-0.25, -0.2) is 4.79 Å². The Morgan fingerprint density at radius 2 is 1.85 bits per heavy atom. The number of ether oxygens (including phenoxy) is 3. The molecular formula is C27H35NO5S. The second-order valence-corrected chi connectivity index (χ2v) is 10.5. The zero-order valence-corrected chi connectivity index (χ0v) is 21.8. The van der Waals surface area contributed by atoms with Crippen LogP contribution in [0.25, 0.3) is 6.08 Å². The van der Waals surface area contributed by atoms with Gasteiger partial charge in [0.1, 0.15) is 5.00 Å². The van der Waals surface area contributed by atoms with Crippen molar-refractivity contribution in [2.24, 2.45) is 11.3 Å². The highest BCUT2D eigenvalue weighted by atomic mass is 32.1. The molecule has 1 heterocycles. The number of anilines is 1. The number of amides is 1. The zero-order chi connectivity index (χ0) is 24.9. The van der Waals surface area contributed by atoms with Gasteiger partial charge < -0.3 is 19.5 Å². The second kappa shape index (κ2) is 11.1. The van der Waals surface area contributed by atoms with Gasteiger partial charge in [-0.2, -0.15) is 0 Å². The molecule has 184 valence electrons. The van der Waals surface area contributed by atoms with E-state index in [9.17, 15) is 9.59 Å². The third kappa shape index (κ3) is 6.00. The largest absolute Gasteiger partial charge is 0.490 e. The Hall–Kier alpha value is -2.80. The summed E-state index contributed by atoms with van der Waals surface area (Å²) in [4.78, 5) is 26.5. The lowest BCUT2D eigenvalue weighted by Gasteiger charge is -2.33. The van der Waals surface area contributed by atoms with E-state index >= 15 is 0 Å². The Morgan fingerprint density at radius 3 is 2.50 bits per heavy atom. The molecule has 0 radical (unpaired) electrons. The van der Waals surface area contributed by atoms with Gasteiger partial charge in [-0.3, -0.25) is 4.79 Å². The molecular weight excluding hydrogens is 450 g/mol. The van der Waals surface area contributed by atoms with Crippen LogP contribution in [-0.2, 0) is 22.4 Å². The lowest BCUT2D eigenvalue weighted by atomic mass is 9.72. The number of hydrogen-bond donors (Lipinski definition) is 1. The van der Waals surface area contributed by atoms with Crippen LogP contribution in [0.1, 0.15) is 67.4 Å². The summed E-state index contributed by atoms with van der Waals surface area (Å²) >= 11 is 1.49. The molecule has 0 fully saturated rings. The zero-order valence-electron chi connectivity index (χ0n) is 20.9. The predicted octanol–water partition coefficient (Wildman–Crippen LogP) is 6.14. The third-order valence-electron chi connectivity index (χ3n) is 6.11. The Labute approximate surface area is 206 Å². The molecule has 1 aromatic carbocycles. The van der Waals surface area contributed by atoms with E-state index in [4.69, 9.17) is 14.2 Å². The Morgan fingerprint density at radius 1 is 1.15 bits per heavy atom. The summed E-state index contributed by atoms with van der Waals surface area (Å²) < 4.78 is 16.3. The first kappa shape index (κ1) is 25.8. The average molecular weight is 486 g/mol. The standard InChI is InChI=1S/C27H35NO5S/c1-7-32-20-13-9-17(15-21(20)33-8-2)10-14-23(29)28-25-24(26(30)31-6)19-12-11-18(27(3,4)5)16-22(19)34-25/h9-10,13-15,18H,7-8,11-12,16H2,1-6H3,(H,28,29). The third-order valence-corrected chi connectivity index (χ3v) is 7.28. The van der Waals surface area contributed by atoms with Crippen molar-refractivity contribution >= 4 is 34.3 Å². The van der Waals surface area contributed by atoms with Crippen molar-refractivity contribution in [1.82, 2.24) is 0 Å². The number of carbonyl (C=O) groups is 2. The summed E-state index contributed by atoms with van der Waals surface area (Å²) in [7, 11) is 1.38. The van der Waals surface area contributed by atoms with Crippen LogP contribution in [0.3, 0.4) is 0 Å². The van der Waals surface area contributed by atoms with E-state index in [1.165, 1.54) is 29.4 Å². The van der Waals surface area contributed by atoms with Crippen LogP contribution in [-0.4, -0.2) is 32.2 Å². The highest BCUT2D eigenvalue weighted by Crippen LogP contribution is 2.44. The summed E-state index contributed by atoms with van der Waals surface area (Å²) in [5.74, 6) is 1.14. The molecule has 2 aromatic rings. The van der Waals surface area contributed by atoms with Crippen LogP contribution in [0.4, 0.5) is 5.00 Å². The molecule has 0 spiro atoms. The number of esters is 1. The maximum atomic E-state index is 12.8. The molecule has 0 saturated heterocycles. The molecule has 1 aliphatic carbocycles. The minimum absolute atomic E-state index is 0.192.